The molecule has 1 aromatic rings. The molecule has 0 radical (unpaired) electrons. The van der Waals surface area contributed by atoms with Crippen LogP contribution in [0.4, 0.5) is 0 Å². The quantitative estimate of drug-likeness (QED) is 0.659. The zero-order valence-electron chi connectivity index (χ0n) is 7.80. The molecule has 0 spiro atoms. The Bertz CT molecular complexity index is 323. The SMILES string of the molecule is Cc1nc2c(cc1CO)CNCC2. The van der Waals surface area contributed by atoms with Crippen molar-refractivity contribution in [2.75, 3.05) is 6.54 Å². The normalized spacial score (nSPS) is 15.5. The molecule has 3 heteroatoms. The first-order valence-corrected chi connectivity index (χ1v) is 4.61. The molecule has 0 saturated heterocycles. The number of pyridine rings is 1. The van der Waals surface area contributed by atoms with Crippen LogP contribution in [0.25, 0.3) is 0 Å². The fourth-order valence-electron chi connectivity index (χ4n) is 1.70. The molecule has 2 rings (SSSR count). The predicted molar refractivity (Wildman–Crippen MR) is 50.3 cm³/mol. The van der Waals surface area contributed by atoms with Crippen LogP contribution in [-0.2, 0) is 19.6 Å². The minimum atomic E-state index is 0.0894. The summed E-state index contributed by atoms with van der Waals surface area (Å²) in [6.45, 7) is 3.94. The number of aromatic nitrogens is 1. The lowest BCUT2D eigenvalue weighted by Gasteiger charge is -2.17. The van der Waals surface area contributed by atoms with Crippen LogP contribution < -0.4 is 5.32 Å². The van der Waals surface area contributed by atoms with Gasteiger partial charge in [-0.05, 0) is 24.1 Å². The van der Waals surface area contributed by atoms with E-state index in [-0.39, 0.29) is 6.61 Å². The molecule has 2 N–H and O–H groups in total. The second-order valence-electron chi connectivity index (χ2n) is 3.42. The third-order valence-corrected chi connectivity index (χ3v) is 2.51. The van der Waals surface area contributed by atoms with E-state index in [1.54, 1.807) is 0 Å². The first-order chi connectivity index (χ1) is 6.31. The van der Waals surface area contributed by atoms with Crippen molar-refractivity contribution in [2.24, 2.45) is 0 Å². The summed E-state index contributed by atoms with van der Waals surface area (Å²) in [7, 11) is 0. The van der Waals surface area contributed by atoms with Crippen molar-refractivity contribution in [2.45, 2.75) is 26.5 Å². The van der Waals surface area contributed by atoms with Gasteiger partial charge in [0, 0.05) is 30.9 Å². The van der Waals surface area contributed by atoms with Gasteiger partial charge in [-0.15, -0.1) is 0 Å². The first-order valence-electron chi connectivity index (χ1n) is 4.61. The molecule has 1 aliphatic heterocycles. The van der Waals surface area contributed by atoms with E-state index in [1.165, 1.54) is 11.3 Å². The van der Waals surface area contributed by atoms with Crippen molar-refractivity contribution >= 4 is 0 Å². The molecule has 0 bridgehead atoms. The van der Waals surface area contributed by atoms with E-state index in [0.717, 1.165) is 30.8 Å². The topological polar surface area (TPSA) is 45.2 Å². The fourth-order valence-corrected chi connectivity index (χ4v) is 1.70. The summed E-state index contributed by atoms with van der Waals surface area (Å²) in [6, 6.07) is 2.06. The third-order valence-electron chi connectivity index (χ3n) is 2.51. The zero-order chi connectivity index (χ0) is 9.26. The minimum absolute atomic E-state index is 0.0894. The highest BCUT2D eigenvalue weighted by atomic mass is 16.3. The van der Waals surface area contributed by atoms with Crippen LogP contribution in [0.2, 0.25) is 0 Å². The van der Waals surface area contributed by atoms with E-state index in [4.69, 9.17) is 5.11 Å². The summed E-state index contributed by atoms with van der Waals surface area (Å²) in [5, 5.41) is 12.3. The Morgan fingerprint density at radius 3 is 3.23 bits per heavy atom. The van der Waals surface area contributed by atoms with Crippen LogP contribution in [0.5, 0.6) is 0 Å². The molecule has 0 amide bonds. The van der Waals surface area contributed by atoms with Gasteiger partial charge in [-0.3, -0.25) is 4.98 Å². The number of aryl methyl sites for hydroxylation is 1. The van der Waals surface area contributed by atoms with Crippen molar-refractivity contribution < 1.29 is 5.11 Å². The summed E-state index contributed by atoms with van der Waals surface area (Å²) < 4.78 is 0. The summed E-state index contributed by atoms with van der Waals surface area (Å²) in [5.41, 5.74) is 4.33. The molecule has 0 atom stereocenters. The average molecular weight is 178 g/mol. The van der Waals surface area contributed by atoms with E-state index in [2.05, 4.69) is 16.4 Å². The lowest BCUT2D eigenvalue weighted by molar-refractivity contribution is 0.280. The molecule has 1 aromatic heterocycles. The molecule has 3 nitrogen and oxygen atoms in total. The van der Waals surface area contributed by atoms with Crippen LogP contribution in [0.1, 0.15) is 22.5 Å². The predicted octanol–water partition coefficient (Wildman–Crippen LogP) is 0.528. The Balaban J connectivity index is 2.44. The summed E-state index contributed by atoms with van der Waals surface area (Å²) >= 11 is 0. The molecule has 0 fully saturated rings. The zero-order valence-corrected chi connectivity index (χ0v) is 7.80. The van der Waals surface area contributed by atoms with Gasteiger partial charge in [-0.1, -0.05) is 0 Å². The maximum absolute atomic E-state index is 9.06. The van der Waals surface area contributed by atoms with Crippen LogP contribution >= 0.6 is 0 Å². The van der Waals surface area contributed by atoms with Crippen molar-refractivity contribution in [1.82, 2.24) is 10.3 Å². The van der Waals surface area contributed by atoms with E-state index in [9.17, 15) is 0 Å². The maximum atomic E-state index is 9.06. The summed E-state index contributed by atoms with van der Waals surface area (Å²) in [5.74, 6) is 0. The standard InChI is InChI=1S/C10H14N2O/c1-7-9(6-13)4-8-5-11-3-2-10(8)12-7/h4,11,13H,2-3,5-6H2,1H3. The Morgan fingerprint density at radius 2 is 2.46 bits per heavy atom. The highest BCUT2D eigenvalue weighted by molar-refractivity contribution is 5.31. The largest absolute Gasteiger partial charge is 0.392 e. The summed E-state index contributed by atoms with van der Waals surface area (Å²) in [4.78, 5) is 4.48. The number of hydrogen-bond acceptors (Lipinski definition) is 3. The number of hydrogen-bond donors (Lipinski definition) is 2. The highest BCUT2D eigenvalue weighted by Crippen LogP contribution is 2.15. The number of nitrogens with zero attached hydrogens (tertiary/aromatic N) is 1. The number of aliphatic hydroxyl groups is 1. The van der Waals surface area contributed by atoms with Gasteiger partial charge in [0.05, 0.1) is 6.61 Å². The number of aliphatic hydroxyl groups excluding tert-OH is 1. The van der Waals surface area contributed by atoms with E-state index >= 15 is 0 Å². The van der Waals surface area contributed by atoms with Crippen molar-refractivity contribution in [3.05, 3.63) is 28.6 Å². The van der Waals surface area contributed by atoms with Crippen molar-refractivity contribution in [1.29, 1.82) is 0 Å². The Morgan fingerprint density at radius 1 is 1.62 bits per heavy atom. The van der Waals surface area contributed by atoms with E-state index in [0.29, 0.717) is 0 Å². The van der Waals surface area contributed by atoms with Gasteiger partial charge in [-0.2, -0.15) is 0 Å². The molecule has 0 unspecified atom stereocenters. The van der Waals surface area contributed by atoms with E-state index < -0.39 is 0 Å². The van der Waals surface area contributed by atoms with Crippen LogP contribution in [0.3, 0.4) is 0 Å². The van der Waals surface area contributed by atoms with Gasteiger partial charge in [0.1, 0.15) is 0 Å². The summed E-state index contributed by atoms with van der Waals surface area (Å²) in [6.07, 6.45) is 1.00. The average Bonchev–Trinajstić information content (AvgIpc) is 2.17. The Hall–Kier alpha value is -0.930. The van der Waals surface area contributed by atoms with Crippen LogP contribution in [0.15, 0.2) is 6.07 Å². The Kier molecular flexibility index (Phi) is 2.29. The van der Waals surface area contributed by atoms with Gasteiger partial charge < -0.3 is 10.4 Å². The third kappa shape index (κ3) is 1.57. The second-order valence-corrected chi connectivity index (χ2v) is 3.42. The monoisotopic (exact) mass is 178 g/mol. The number of fused-ring (bicyclic) bond motifs is 1. The lowest BCUT2D eigenvalue weighted by atomic mass is 10.0. The van der Waals surface area contributed by atoms with Crippen molar-refractivity contribution in [3.8, 4) is 0 Å². The smallest absolute Gasteiger partial charge is 0.0699 e. The second kappa shape index (κ2) is 3.44. The van der Waals surface area contributed by atoms with Gasteiger partial charge in [0.25, 0.3) is 0 Å². The molecule has 0 saturated carbocycles. The molecular weight excluding hydrogens is 164 g/mol. The molecular formula is C10H14N2O. The minimum Gasteiger partial charge on any atom is -0.392 e. The molecule has 0 aliphatic carbocycles. The lowest BCUT2D eigenvalue weighted by Crippen LogP contribution is -2.25. The molecule has 70 valence electrons. The van der Waals surface area contributed by atoms with Gasteiger partial charge in [0.15, 0.2) is 0 Å². The molecule has 0 aromatic carbocycles. The highest BCUT2D eigenvalue weighted by Gasteiger charge is 2.11. The Labute approximate surface area is 77.8 Å². The van der Waals surface area contributed by atoms with Crippen molar-refractivity contribution in [3.63, 3.8) is 0 Å². The maximum Gasteiger partial charge on any atom is 0.0699 e. The van der Waals surface area contributed by atoms with Crippen LogP contribution in [0, 0.1) is 6.92 Å². The molecule has 1 aliphatic rings. The fraction of sp³-hybridized carbons (Fsp3) is 0.500. The number of nitrogens with one attached hydrogen (secondary N) is 1. The van der Waals surface area contributed by atoms with Gasteiger partial charge in [-0.25, -0.2) is 0 Å². The van der Waals surface area contributed by atoms with Gasteiger partial charge in [0.2, 0.25) is 0 Å². The number of rotatable bonds is 1. The van der Waals surface area contributed by atoms with E-state index in [1.807, 2.05) is 6.92 Å². The van der Waals surface area contributed by atoms with Gasteiger partial charge >= 0.3 is 0 Å². The molecule has 13 heavy (non-hydrogen) atoms. The van der Waals surface area contributed by atoms with Crippen LogP contribution in [-0.4, -0.2) is 16.6 Å². The first kappa shape index (κ1) is 8.66. The molecule has 2 heterocycles.